The Hall–Kier alpha value is -2.46. The van der Waals surface area contributed by atoms with Crippen molar-refractivity contribution in [3.63, 3.8) is 0 Å². The lowest BCUT2D eigenvalue weighted by Crippen LogP contribution is -2.26. The van der Waals surface area contributed by atoms with E-state index in [4.69, 9.17) is 0 Å². The van der Waals surface area contributed by atoms with Crippen molar-refractivity contribution in [1.29, 1.82) is 0 Å². The molecule has 0 fully saturated rings. The van der Waals surface area contributed by atoms with Gasteiger partial charge in [0, 0.05) is 32.6 Å². The van der Waals surface area contributed by atoms with Gasteiger partial charge in [-0.1, -0.05) is 42.5 Å². The van der Waals surface area contributed by atoms with Crippen molar-refractivity contribution in [2.45, 2.75) is 26.4 Å². The molecule has 0 atom stereocenters. The maximum Gasteiger partial charge on any atom is 0.134 e. The predicted octanol–water partition coefficient (Wildman–Crippen LogP) is 3.31. The van der Waals surface area contributed by atoms with Crippen LogP contribution in [0.1, 0.15) is 17.0 Å². The van der Waals surface area contributed by atoms with Crippen LogP contribution in [0.2, 0.25) is 0 Å². The molecule has 1 aromatic heterocycles. The van der Waals surface area contributed by atoms with Gasteiger partial charge in [-0.05, 0) is 35.2 Å². The third kappa shape index (κ3) is 3.10. The molecule has 3 aromatic rings. The highest BCUT2D eigenvalue weighted by Gasteiger charge is 2.15. The Morgan fingerprint density at radius 1 is 1.00 bits per heavy atom. The van der Waals surface area contributed by atoms with Crippen molar-refractivity contribution >= 4 is 0 Å². The summed E-state index contributed by atoms with van der Waals surface area (Å²) in [5, 5.41) is 8.21. The molecule has 0 bridgehead atoms. The lowest BCUT2D eigenvalue weighted by molar-refractivity contribution is 0.271. The molecule has 4 heteroatoms. The van der Waals surface area contributed by atoms with Crippen LogP contribution < -0.4 is 0 Å². The second kappa shape index (κ2) is 6.57. The third-order valence-corrected chi connectivity index (χ3v) is 4.79. The van der Waals surface area contributed by atoms with Gasteiger partial charge in [-0.15, -0.1) is 10.2 Å². The van der Waals surface area contributed by atoms with Crippen molar-refractivity contribution in [3.8, 4) is 11.1 Å². The minimum atomic E-state index is 0.970. The average Bonchev–Trinajstić information content (AvgIpc) is 2.97. The topological polar surface area (TPSA) is 34.0 Å². The second-order valence-corrected chi connectivity index (χ2v) is 6.48. The maximum absolute atomic E-state index is 4.21. The summed E-state index contributed by atoms with van der Waals surface area (Å²) < 4.78 is 2.17. The maximum atomic E-state index is 4.21. The Balaban J connectivity index is 1.50. The summed E-state index contributed by atoms with van der Waals surface area (Å²) >= 11 is 0. The first kappa shape index (κ1) is 15.1. The van der Waals surface area contributed by atoms with E-state index in [-0.39, 0.29) is 0 Å². The molecule has 122 valence electrons. The average molecular weight is 318 g/mol. The molecule has 1 aliphatic heterocycles. The smallest absolute Gasteiger partial charge is 0.134 e. The van der Waals surface area contributed by atoms with Gasteiger partial charge in [-0.25, -0.2) is 0 Å². The van der Waals surface area contributed by atoms with Crippen LogP contribution in [-0.2, 0) is 19.5 Å². The van der Waals surface area contributed by atoms with Crippen molar-refractivity contribution in [2.24, 2.45) is 0 Å². The van der Waals surface area contributed by atoms with Gasteiger partial charge in [0.05, 0.1) is 0 Å². The number of hydrogen-bond donors (Lipinski definition) is 0. The number of benzene rings is 2. The minimum Gasteiger partial charge on any atom is -0.316 e. The number of aryl methyl sites for hydroxylation is 1. The van der Waals surface area contributed by atoms with Crippen LogP contribution in [0.25, 0.3) is 11.1 Å². The first-order valence-electron chi connectivity index (χ1n) is 8.53. The van der Waals surface area contributed by atoms with Gasteiger partial charge in [-0.3, -0.25) is 4.90 Å². The van der Waals surface area contributed by atoms with Crippen molar-refractivity contribution in [2.75, 3.05) is 13.1 Å². The van der Waals surface area contributed by atoms with Gasteiger partial charge in [0.1, 0.15) is 12.2 Å². The van der Waals surface area contributed by atoms with Crippen LogP contribution in [0.5, 0.6) is 0 Å². The fourth-order valence-electron chi connectivity index (χ4n) is 3.43. The summed E-state index contributed by atoms with van der Waals surface area (Å²) in [5.41, 5.74) is 5.31. The summed E-state index contributed by atoms with van der Waals surface area (Å²) in [6.07, 6.45) is 2.81. The van der Waals surface area contributed by atoms with Crippen LogP contribution >= 0.6 is 0 Å². The first-order chi connectivity index (χ1) is 11.8. The number of nitrogens with zero attached hydrogens (tertiary/aromatic N) is 4. The molecule has 0 N–H and O–H groups in total. The quantitative estimate of drug-likeness (QED) is 0.743. The lowest BCUT2D eigenvalue weighted by Gasteiger charge is -2.20. The summed E-state index contributed by atoms with van der Waals surface area (Å²) in [6.45, 7) is 6.21. The molecular weight excluding hydrogens is 296 g/mol. The Kier molecular flexibility index (Phi) is 4.13. The fourth-order valence-corrected chi connectivity index (χ4v) is 3.43. The van der Waals surface area contributed by atoms with Crippen LogP contribution in [-0.4, -0.2) is 32.8 Å². The first-order valence-corrected chi connectivity index (χ1v) is 8.53. The van der Waals surface area contributed by atoms with Gasteiger partial charge in [0.25, 0.3) is 0 Å². The van der Waals surface area contributed by atoms with Gasteiger partial charge in [0.15, 0.2) is 0 Å². The van der Waals surface area contributed by atoms with Crippen LogP contribution in [0.3, 0.4) is 0 Å². The molecule has 0 unspecified atom stereocenters. The molecule has 0 spiro atoms. The highest BCUT2D eigenvalue weighted by molar-refractivity contribution is 5.67. The zero-order chi connectivity index (χ0) is 16.4. The molecule has 0 amide bonds. The zero-order valence-corrected chi connectivity index (χ0v) is 14.0. The normalized spacial score (nSPS) is 15.0. The SMILES string of the molecule is Cc1ccccc1-c1cccc(CN2CCc3nncn3CC2)c1. The Morgan fingerprint density at radius 3 is 2.83 bits per heavy atom. The highest BCUT2D eigenvalue weighted by atomic mass is 15.3. The Bertz CT molecular complexity index is 814. The summed E-state index contributed by atoms with van der Waals surface area (Å²) in [5.74, 6) is 1.10. The summed E-state index contributed by atoms with van der Waals surface area (Å²) in [7, 11) is 0. The van der Waals surface area contributed by atoms with E-state index in [0.717, 1.165) is 38.4 Å². The van der Waals surface area contributed by atoms with Crippen molar-refractivity contribution in [1.82, 2.24) is 19.7 Å². The minimum absolute atomic E-state index is 0.970. The number of hydrogen-bond acceptors (Lipinski definition) is 3. The largest absolute Gasteiger partial charge is 0.316 e. The number of fused-ring (bicyclic) bond motifs is 1. The zero-order valence-electron chi connectivity index (χ0n) is 14.0. The van der Waals surface area contributed by atoms with E-state index in [1.165, 1.54) is 22.3 Å². The third-order valence-electron chi connectivity index (χ3n) is 4.79. The van der Waals surface area contributed by atoms with E-state index in [2.05, 4.69) is 75.1 Å². The molecule has 0 saturated heterocycles. The van der Waals surface area contributed by atoms with Crippen LogP contribution in [0, 0.1) is 6.92 Å². The number of rotatable bonds is 3. The summed E-state index contributed by atoms with van der Waals surface area (Å²) in [6, 6.07) is 17.5. The molecule has 4 nitrogen and oxygen atoms in total. The highest BCUT2D eigenvalue weighted by Crippen LogP contribution is 2.24. The van der Waals surface area contributed by atoms with Crippen molar-refractivity contribution in [3.05, 3.63) is 71.8 Å². The Morgan fingerprint density at radius 2 is 1.92 bits per heavy atom. The fraction of sp³-hybridized carbons (Fsp3) is 0.300. The molecule has 4 rings (SSSR count). The van der Waals surface area contributed by atoms with E-state index in [1.54, 1.807) is 0 Å². The van der Waals surface area contributed by atoms with E-state index in [1.807, 2.05) is 6.33 Å². The van der Waals surface area contributed by atoms with Crippen molar-refractivity contribution < 1.29 is 0 Å². The number of aromatic nitrogens is 3. The molecule has 0 aliphatic carbocycles. The molecule has 1 aliphatic rings. The van der Waals surface area contributed by atoms with E-state index >= 15 is 0 Å². The van der Waals surface area contributed by atoms with Gasteiger partial charge in [-0.2, -0.15) is 0 Å². The van der Waals surface area contributed by atoms with E-state index in [9.17, 15) is 0 Å². The predicted molar refractivity (Wildman–Crippen MR) is 95.6 cm³/mol. The van der Waals surface area contributed by atoms with Gasteiger partial charge >= 0.3 is 0 Å². The standard InChI is InChI=1S/C20H22N4/c1-16-5-2-3-8-19(16)18-7-4-6-17(13-18)14-23-10-9-20-22-21-15-24(20)12-11-23/h2-8,13,15H,9-12,14H2,1H3. The van der Waals surface area contributed by atoms with Crippen LogP contribution in [0.4, 0.5) is 0 Å². The molecule has 2 aromatic carbocycles. The molecular formula is C20H22N4. The van der Waals surface area contributed by atoms with E-state index < -0.39 is 0 Å². The Labute approximate surface area is 142 Å². The van der Waals surface area contributed by atoms with Gasteiger partial charge < -0.3 is 4.57 Å². The molecule has 2 heterocycles. The molecule has 0 radical (unpaired) electrons. The van der Waals surface area contributed by atoms with Crippen LogP contribution in [0.15, 0.2) is 54.9 Å². The second-order valence-electron chi connectivity index (χ2n) is 6.48. The van der Waals surface area contributed by atoms with Gasteiger partial charge in [0.2, 0.25) is 0 Å². The van der Waals surface area contributed by atoms with E-state index in [0.29, 0.717) is 0 Å². The monoisotopic (exact) mass is 318 g/mol. The summed E-state index contributed by atoms with van der Waals surface area (Å²) in [4.78, 5) is 2.51. The molecule has 24 heavy (non-hydrogen) atoms. The lowest BCUT2D eigenvalue weighted by atomic mass is 9.99. The molecule has 0 saturated carbocycles.